The number of ketones is 4. The molecular formula is C30H40ClN3O7. The molecule has 0 heterocycles. The van der Waals surface area contributed by atoms with Crippen molar-refractivity contribution in [1.82, 2.24) is 9.80 Å². The van der Waals surface area contributed by atoms with Crippen LogP contribution in [-0.2, 0) is 32.1 Å². The van der Waals surface area contributed by atoms with E-state index in [1.54, 1.807) is 14.1 Å². The molecule has 0 radical (unpaired) electrons. The highest BCUT2D eigenvalue weighted by Crippen LogP contribution is 2.51. The van der Waals surface area contributed by atoms with Crippen molar-refractivity contribution in [3.05, 3.63) is 27.8 Å². The van der Waals surface area contributed by atoms with Crippen LogP contribution in [0.2, 0.25) is 5.02 Å². The maximum absolute atomic E-state index is 13.9. The molecule has 0 bridgehead atoms. The van der Waals surface area contributed by atoms with Gasteiger partial charge in [-0.05, 0) is 75.0 Å². The summed E-state index contributed by atoms with van der Waals surface area (Å²) in [4.78, 5) is 70.0. The number of fused-ring (bicyclic) bond motifs is 3. The largest absolute Gasteiger partial charge is 0.507 e. The molecule has 1 aromatic rings. The second-order valence-corrected chi connectivity index (χ2v) is 13.6. The molecule has 0 aliphatic heterocycles. The Morgan fingerprint density at radius 3 is 2.34 bits per heavy atom. The number of rotatable bonds is 7. The molecule has 0 aromatic heterocycles. The Balaban J connectivity index is 1.75. The Hall–Kier alpha value is -2.66. The van der Waals surface area contributed by atoms with Crippen LogP contribution in [0, 0.1) is 29.1 Å². The average molecular weight is 590 g/mol. The van der Waals surface area contributed by atoms with E-state index in [2.05, 4.69) is 25.7 Å². The minimum absolute atomic E-state index is 0.0160. The summed E-state index contributed by atoms with van der Waals surface area (Å²) in [6, 6.07) is 0.298. The third kappa shape index (κ3) is 5.13. The van der Waals surface area contributed by atoms with Gasteiger partial charge in [0.1, 0.15) is 5.75 Å². The molecule has 4 N–H and O–H groups in total. The SMILES string of the molecule is CCN(CCC(C)(C)C)Cc1cc(O)c2c(c1Cl)C[C@H]1C[C@H]3[C@H](N(C)C)C(=O)C(C(N)=O)C(=O)[C@@]3(O)C(=O)C1C2=O. The van der Waals surface area contributed by atoms with Crippen LogP contribution in [-0.4, -0.2) is 87.9 Å². The van der Waals surface area contributed by atoms with Gasteiger partial charge in [-0.2, -0.15) is 0 Å². The highest BCUT2D eigenvalue weighted by Gasteiger charge is 2.69. The van der Waals surface area contributed by atoms with Crippen molar-refractivity contribution in [2.75, 3.05) is 27.2 Å². The van der Waals surface area contributed by atoms with Gasteiger partial charge < -0.3 is 15.9 Å². The first-order valence-electron chi connectivity index (χ1n) is 14.1. The van der Waals surface area contributed by atoms with E-state index in [9.17, 15) is 34.2 Å². The molecule has 4 rings (SSSR count). The fourth-order valence-electron chi connectivity index (χ4n) is 6.91. The highest BCUT2D eigenvalue weighted by molar-refractivity contribution is 6.34. The van der Waals surface area contributed by atoms with Gasteiger partial charge >= 0.3 is 0 Å². The number of primary amides is 1. The van der Waals surface area contributed by atoms with Gasteiger partial charge in [0.15, 0.2) is 34.7 Å². The molecule has 0 saturated heterocycles. The van der Waals surface area contributed by atoms with Gasteiger partial charge in [0.25, 0.3) is 0 Å². The summed E-state index contributed by atoms with van der Waals surface area (Å²) in [5, 5.41) is 23.0. The number of aromatic hydroxyl groups is 1. The molecule has 224 valence electrons. The number of halogens is 1. The number of carbonyl (C=O) groups excluding carboxylic acids is 5. The van der Waals surface area contributed by atoms with Crippen LogP contribution < -0.4 is 5.73 Å². The molecule has 11 heteroatoms. The normalized spacial score (nSPS) is 30.0. The predicted octanol–water partition coefficient (Wildman–Crippen LogP) is 1.78. The van der Waals surface area contributed by atoms with Crippen LogP contribution in [0.15, 0.2) is 6.07 Å². The smallest absolute Gasteiger partial charge is 0.235 e. The van der Waals surface area contributed by atoms with Gasteiger partial charge in [-0.15, -0.1) is 0 Å². The quantitative estimate of drug-likeness (QED) is 0.403. The van der Waals surface area contributed by atoms with Crippen LogP contribution in [0.1, 0.15) is 62.0 Å². The molecule has 2 saturated carbocycles. The van der Waals surface area contributed by atoms with Crippen molar-refractivity contribution in [3.8, 4) is 5.75 Å². The van der Waals surface area contributed by atoms with Gasteiger partial charge in [-0.25, -0.2) is 0 Å². The number of Topliss-reactive ketones (excluding diaryl/α,β-unsaturated/α-hetero) is 4. The average Bonchev–Trinajstić information content (AvgIpc) is 2.85. The number of likely N-dealkylation sites (N-methyl/N-ethyl adjacent to an activating group) is 1. The van der Waals surface area contributed by atoms with Crippen LogP contribution in [0.3, 0.4) is 0 Å². The molecule has 2 fully saturated rings. The van der Waals surface area contributed by atoms with E-state index >= 15 is 0 Å². The Bertz CT molecular complexity index is 1320. The minimum atomic E-state index is -2.75. The number of nitrogens with zero attached hydrogens (tertiary/aromatic N) is 2. The molecule has 41 heavy (non-hydrogen) atoms. The zero-order chi connectivity index (χ0) is 30.8. The Labute approximate surface area is 245 Å². The summed E-state index contributed by atoms with van der Waals surface area (Å²) >= 11 is 6.87. The zero-order valence-corrected chi connectivity index (χ0v) is 25.2. The lowest BCUT2D eigenvalue weighted by Crippen LogP contribution is -2.74. The molecule has 10 nitrogen and oxygen atoms in total. The highest BCUT2D eigenvalue weighted by atomic mass is 35.5. The van der Waals surface area contributed by atoms with Crippen molar-refractivity contribution < 1.29 is 34.2 Å². The minimum Gasteiger partial charge on any atom is -0.507 e. The van der Waals surface area contributed by atoms with Gasteiger partial charge in [-0.1, -0.05) is 39.3 Å². The Morgan fingerprint density at radius 2 is 1.80 bits per heavy atom. The maximum atomic E-state index is 13.9. The van der Waals surface area contributed by atoms with Crippen LogP contribution in [0.4, 0.5) is 0 Å². The van der Waals surface area contributed by atoms with Crippen molar-refractivity contribution in [1.29, 1.82) is 0 Å². The van der Waals surface area contributed by atoms with E-state index in [0.29, 0.717) is 22.7 Å². The standard InChI is InChI=1S/C30H40ClN3O7/c1-7-34(9-8-29(2,3)4)13-15-12-18(35)20-16(22(15)31)10-14-11-17-23(33(5)6)25(37)21(28(32)40)27(39)30(17,41)26(38)19(14)24(20)36/h12,14,17,19,21,23,35,41H,7-11,13H2,1-6H3,(H2,32,40)/t14-,17-,19?,21?,23-,30-/m0/s1. The second kappa shape index (κ2) is 10.9. The summed E-state index contributed by atoms with van der Waals surface area (Å²) in [7, 11) is 3.10. The first-order chi connectivity index (χ1) is 18.9. The number of hydrogen-bond acceptors (Lipinski definition) is 9. The molecular weight excluding hydrogens is 550 g/mol. The topological polar surface area (TPSA) is 158 Å². The molecule has 1 amide bonds. The molecule has 3 aliphatic carbocycles. The fourth-order valence-corrected chi connectivity index (χ4v) is 7.19. The monoisotopic (exact) mass is 589 g/mol. The van der Waals surface area contributed by atoms with E-state index in [-0.39, 0.29) is 29.6 Å². The summed E-state index contributed by atoms with van der Waals surface area (Å²) in [6.07, 6.45) is 1.07. The van der Waals surface area contributed by atoms with E-state index in [1.807, 2.05) is 6.92 Å². The lowest BCUT2D eigenvalue weighted by Gasteiger charge is -2.52. The summed E-state index contributed by atoms with van der Waals surface area (Å²) in [6.45, 7) is 10.5. The number of phenolic OH excluding ortho intramolecular Hbond substituents is 1. The van der Waals surface area contributed by atoms with Crippen LogP contribution in [0.25, 0.3) is 0 Å². The van der Waals surface area contributed by atoms with Gasteiger partial charge in [0, 0.05) is 17.5 Å². The van der Waals surface area contributed by atoms with E-state index in [0.717, 1.165) is 19.5 Å². The third-order valence-corrected chi connectivity index (χ3v) is 9.56. The van der Waals surface area contributed by atoms with E-state index in [1.165, 1.54) is 11.0 Å². The van der Waals surface area contributed by atoms with Crippen molar-refractivity contribution >= 4 is 40.6 Å². The number of nitrogens with two attached hydrogens (primary N) is 1. The molecule has 2 unspecified atom stereocenters. The Kier molecular flexibility index (Phi) is 8.30. The molecule has 6 atom stereocenters. The number of aliphatic hydroxyl groups is 1. The first-order valence-corrected chi connectivity index (χ1v) is 14.4. The van der Waals surface area contributed by atoms with Crippen molar-refractivity contribution in [2.45, 2.75) is 65.1 Å². The number of amides is 1. The third-order valence-electron chi connectivity index (χ3n) is 9.09. The van der Waals surface area contributed by atoms with Crippen LogP contribution in [0.5, 0.6) is 5.75 Å². The first kappa shape index (κ1) is 31.3. The summed E-state index contributed by atoms with van der Waals surface area (Å²) in [5.74, 6) is -10.7. The van der Waals surface area contributed by atoms with Crippen molar-refractivity contribution in [3.63, 3.8) is 0 Å². The maximum Gasteiger partial charge on any atom is 0.235 e. The lowest BCUT2D eigenvalue weighted by molar-refractivity contribution is -0.181. The van der Waals surface area contributed by atoms with Crippen molar-refractivity contribution in [2.24, 2.45) is 34.8 Å². The Morgan fingerprint density at radius 1 is 1.17 bits per heavy atom. The van der Waals surface area contributed by atoms with Gasteiger partial charge in [0.05, 0.1) is 17.5 Å². The fraction of sp³-hybridized carbons (Fsp3) is 0.633. The van der Waals surface area contributed by atoms with E-state index in [4.69, 9.17) is 17.3 Å². The summed E-state index contributed by atoms with van der Waals surface area (Å²) in [5.41, 5.74) is 3.72. The second-order valence-electron chi connectivity index (χ2n) is 13.2. The number of carbonyl (C=O) groups is 5. The summed E-state index contributed by atoms with van der Waals surface area (Å²) < 4.78 is 0. The lowest BCUT2D eigenvalue weighted by atomic mass is 9.52. The predicted molar refractivity (Wildman–Crippen MR) is 151 cm³/mol. The van der Waals surface area contributed by atoms with Crippen LogP contribution >= 0.6 is 11.6 Å². The number of phenols is 1. The van der Waals surface area contributed by atoms with E-state index < -0.39 is 64.4 Å². The van der Waals surface area contributed by atoms with Gasteiger partial charge in [0.2, 0.25) is 5.91 Å². The van der Waals surface area contributed by atoms with Gasteiger partial charge in [-0.3, -0.25) is 33.8 Å². The number of benzene rings is 1. The zero-order valence-electron chi connectivity index (χ0n) is 24.5. The number of hydrogen-bond donors (Lipinski definition) is 3. The molecule has 3 aliphatic rings. The molecule has 0 spiro atoms. The molecule has 1 aromatic carbocycles.